The number of ether oxygens (including phenoxy) is 1. The van der Waals surface area contributed by atoms with E-state index in [1.54, 1.807) is 7.11 Å². The van der Waals surface area contributed by atoms with E-state index in [1.807, 2.05) is 43.4 Å². The van der Waals surface area contributed by atoms with Gasteiger partial charge in [0.15, 0.2) is 11.6 Å². The molecule has 24 heavy (non-hydrogen) atoms. The molecule has 0 N–H and O–H groups in total. The first-order valence-electron chi connectivity index (χ1n) is 8.13. The largest absolute Gasteiger partial charge is 0.481 e. The number of pyridine rings is 1. The minimum Gasteiger partial charge on any atom is -0.481 e. The van der Waals surface area contributed by atoms with Crippen molar-refractivity contribution < 1.29 is 4.74 Å². The second kappa shape index (κ2) is 7.44. The van der Waals surface area contributed by atoms with Crippen molar-refractivity contribution >= 4 is 11.6 Å². The second-order valence-electron chi connectivity index (χ2n) is 6.12. The summed E-state index contributed by atoms with van der Waals surface area (Å²) in [5, 5.41) is 8.60. The Morgan fingerprint density at radius 3 is 2.38 bits per heavy atom. The number of piperazine rings is 1. The Hall–Kier alpha value is -2.41. The van der Waals surface area contributed by atoms with Crippen LogP contribution in [0.15, 0.2) is 30.5 Å². The highest BCUT2D eigenvalue weighted by Gasteiger charge is 2.18. The molecule has 1 fully saturated rings. The van der Waals surface area contributed by atoms with Crippen molar-refractivity contribution in [2.24, 2.45) is 0 Å². The highest BCUT2D eigenvalue weighted by Crippen LogP contribution is 2.16. The van der Waals surface area contributed by atoms with Gasteiger partial charge in [0.25, 0.3) is 0 Å². The maximum absolute atomic E-state index is 5.10. The first-order chi connectivity index (χ1) is 11.7. The number of hydrogen-bond donors (Lipinski definition) is 0. The lowest BCUT2D eigenvalue weighted by Crippen LogP contribution is -2.46. The van der Waals surface area contributed by atoms with E-state index in [4.69, 9.17) is 4.74 Å². The van der Waals surface area contributed by atoms with Gasteiger partial charge in [0.1, 0.15) is 0 Å². The zero-order chi connectivity index (χ0) is 16.9. The molecule has 3 heterocycles. The lowest BCUT2D eigenvalue weighted by Gasteiger charge is -2.35. The molecule has 2 aromatic rings. The van der Waals surface area contributed by atoms with Crippen LogP contribution in [0.4, 0.5) is 11.6 Å². The summed E-state index contributed by atoms with van der Waals surface area (Å²) in [4.78, 5) is 10.9. The second-order valence-corrected chi connectivity index (χ2v) is 6.12. The van der Waals surface area contributed by atoms with Gasteiger partial charge in [0.2, 0.25) is 5.88 Å². The molecule has 1 aliphatic heterocycles. The first kappa shape index (κ1) is 16.4. The number of aromatic nitrogens is 3. The third kappa shape index (κ3) is 3.91. The van der Waals surface area contributed by atoms with Gasteiger partial charge in [0, 0.05) is 59.1 Å². The van der Waals surface area contributed by atoms with Crippen LogP contribution in [0, 0.1) is 0 Å². The monoisotopic (exact) mass is 328 g/mol. The van der Waals surface area contributed by atoms with E-state index in [1.165, 1.54) is 5.56 Å². The van der Waals surface area contributed by atoms with Crippen molar-refractivity contribution in [1.29, 1.82) is 0 Å². The summed E-state index contributed by atoms with van der Waals surface area (Å²) >= 11 is 0. The van der Waals surface area contributed by atoms with Crippen LogP contribution in [0.1, 0.15) is 5.56 Å². The van der Waals surface area contributed by atoms with Crippen LogP contribution < -0.4 is 14.5 Å². The molecule has 0 spiro atoms. The van der Waals surface area contributed by atoms with Crippen molar-refractivity contribution in [2.75, 3.05) is 57.2 Å². The van der Waals surface area contributed by atoms with Crippen LogP contribution >= 0.6 is 0 Å². The number of methoxy groups -OCH3 is 1. The first-order valence-corrected chi connectivity index (χ1v) is 8.13. The van der Waals surface area contributed by atoms with Crippen LogP contribution in [0.3, 0.4) is 0 Å². The van der Waals surface area contributed by atoms with Crippen molar-refractivity contribution in [1.82, 2.24) is 20.1 Å². The van der Waals surface area contributed by atoms with Crippen molar-refractivity contribution in [2.45, 2.75) is 6.54 Å². The van der Waals surface area contributed by atoms with Gasteiger partial charge in [-0.25, -0.2) is 4.98 Å². The van der Waals surface area contributed by atoms with Gasteiger partial charge in [0.05, 0.1) is 7.11 Å². The van der Waals surface area contributed by atoms with E-state index in [0.29, 0.717) is 5.88 Å². The molecule has 0 atom stereocenters. The smallest absolute Gasteiger partial charge is 0.212 e. The lowest BCUT2D eigenvalue weighted by atomic mass is 10.2. The van der Waals surface area contributed by atoms with E-state index >= 15 is 0 Å². The molecule has 2 aromatic heterocycles. The fourth-order valence-electron chi connectivity index (χ4n) is 2.74. The van der Waals surface area contributed by atoms with E-state index in [9.17, 15) is 0 Å². The molecule has 0 saturated carbocycles. The van der Waals surface area contributed by atoms with E-state index in [2.05, 4.69) is 31.0 Å². The lowest BCUT2D eigenvalue weighted by molar-refractivity contribution is 0.248. The highest BCUT2D eigenvalue weighted by molar-refractivity contribution is 5.44. The minimum absolute atomic E-state index is 0.656. The molecule has 3 rings (SSSR count). The summed E-state index contributed by atoms with van der Waals surface area (Å²) in [7, 11) is 5.57. The topological polar surface area (TPSA) is 57.6 Å². The van der Waals surface area contributed by atoms with Gasteiger partial charge < -0.3 is 14.5 Å². The molecule has 7 heteroatoms. The molecule has 0 amide bonds. The molecule has 0 aromatic carbocycles. The maximum atomic E-state index is 5.10. The Kier molecular flexibility index (Phi) is 5.10. The molecular weight excluding hydrogens is 304 g/mol. The van der Waals surface area contributed by atoms with Crippen LogP contribution in [0.2, 0.25) is 0 Å². The Morgan fingerprint density at radius 2 is 1.83 bits per heavy atom. The molecule has 0 bridgehead atoms. The zero-order valence-corrected chi connectivity index (χ0v) is 14.5. The average molecular weight is 328 g/mol. The van der Waals surface area contributed by atoms with Crippen LogP contribution in [0.5, 0.6) is 5.88 Å². The van der Waals surface area contributed by atoms with Crippen LogP contribution in [-0.2, 0) is 6.54 Å². The number of anilines is 2. The van der Waals surface area contributed by atoms with Crippen LogP contribution in [0.25, 0.3) is 0 Å². The molecule has 128 valence electrons. The van der Waals surface area contributed by atoms with Crippen molar-refractivity contribution in [3.63, 3.8) is 0 Å². The van der Waals surface area contributed by atoms with E-state index in [0.717, 1.165) is 44.4 Å². The molecule has 0 unspecified atom stereocenters. The molecule has 0 aliphatic carbocycles. The van der Waals surface area contributed by atoms with Crippen molar-refractivity contribution in [3.8, 4) is 5.88 Å². The number of nitrogens with zero attached hydrogens (tertiary/aromatic N) is 6. The molecule has 7 nitrogen and oxygen atoms in total. The summed E-state index contributed by atoms with van der Waals surface area (Å²) in [6.45, 7) is 4.83. The Morgan fingerprint density at radius 1 is 1.04 bits per heavy atom. The van der Waals surface area contributed by atoms with Gasteiger partial charge in [-0.1, -0.05) is 6.07 Å². The maximum Gasteiger partial charge on any atom is 0.212 e. The fourth-order valence-corrected chi connectivity index (χ4v) is 2.74. The Labute approximate surface area is 142 Å². The summed E-state index contributed by atoms with van der Waals surface area (Å²) in [6, 6.07) is 8.04. The third-order valence-corrected chi connectivity index (χ3v) is 4.20. The van der Waals surface area contributed by atoms with Crippen molar-refractivity contribution in [3.05, 3.63) is 36.0 Å². The summed E-state index contributed by atoms with van der Waals surface area (Å²) in [6.07, 6.45) is 1.89. The number of rotatable bonds is 5. The molecule has 0 radical (unpaired) electrons. The van der Waals surface area contributed by atoms with Gasteiger partial charge >= 0.3 is 0 Å². The molecule has 1 aliphatic rings. The molecular formula is C17H24N6O. The SMILES string of the molecule is COc1ccc(CN2CCN(c3ccc(N(C)C)nn3)CC2)cn1. The quantitative estimate of drug-likeness (QED) is 0.819. The van der Waals surface area contributed by atoms with Gasteiger partial charge in [-0.3, -0.25) is 4.90 Å². The summed E-state index contributed by atoms with van der Waals surface area (Å²) in [5.41, 5.74) is 1.21. The van der Waals surface area contributed by atoms with Crippen LogP contribution in [-0.4, -0.2) is 67.5 Å². The highest BCUT2D eigenvalue weighted by atomic mass is 16.5. The van der Waals surface area contributed by atoms with Gasteiger partial charge in [-0.2, -0.15) is 0 Å². The van der Waals surface area contributed by atoms with E-state index in [-0.39, 0.29) is 0 Å². The predicted octanol–water partition coefficient (Wildman–Crippen LogP) is 1.27. The minimum atomic E-state index is 0.656. The zero-order valence-electron chi connectivity index (χ0n) is 14.5. The average Bonchev–Trinajstić information content (AvgIpc) is 2.63. The standard InChI is InChI=1S/C17H24N6O/c1-21(2)15-5-6-16(20-19-15)23-10-8-22(9-11-23)13-14-4-7-17(24-3)18-12-14/h4-7,12H,8-11,13H2,1-3H3. The Balaban J connectivity index is 1.53. The normalized spacial score (nSPS) is 15.4. The fraction of sp³-hybridized carbons (Fsp3) is 0.471. The summed E-state index contributed by atoms with van der Waals surface area (Å²) in [5.74, 6) is 2.49. The van der Waals surface area contributed by atoms with Gasteiger partial charge in [-0.15, -0.1) is 10.2 Å². The van der Waals surface area contributed by atoms with Gasteiger partial charge in [-0.05, 0) is 17.7 Å². The third-order valence-electron chi connectivity index (χ3n) is 4.20. The predicted molar refractivity (Wildman–Crippen MR) is 94.6 cm³/mol. The Bertz CT molecular complexity index is 635. The number of hydrogen-bond acceptors (Lipinski definition) is 7. The van der Waals surface area contributed by atoms with E-state index < -0.39 is 0 Å². The molecule has 1 saturated heterocycles. The summed E-state index contributed by atoms with van der Waals surface area (Å²) < 4.78 is 5.10.